The number of rotatable bonds is 3. The lowest BCUT2D eigenvalue weighted by Gasteiger charge is -2.26. The third kappa shape index (κ3) is 2.66. The molecule has 2 rings (SSSR count). The highest BCUT2D eigenvalue weighted by Crippen LogP contribution is 2.18. The van der Waals surface area contributed by atoms with Crippen molar-refractivity contribution in [1.29, 1.82) is 0 Å². The van der Waals surface area contributed by atoms with Crippen molar-refractivity contribution >= 4 is 23.2 Å². The van der Waals surface area contributed by atoms with Gasteiger partial charge in [-0.15, -0.1) is 5.10 Å². The number of aryl methyl sites for hydroxylation is 1. The molecule has 1 aliphatic heterocycles. The molecule has 1 aromatic heterocycles. The average molecular weight is 268 g/mol. The number of hydrogen-bond acceptors (Lipinski definition) is 6. The largest absolute Gasteiger partial charge is 0.411 e. The van der Waals surface area contributed by atoms with Gasteiger partial charge in [0.15, 0.2) is 0 Å². The van der Waals surface area contributed by atoms with E-state index in [2.05, 4.69) is 21.7 Å². The highest BCUT2D eigenvalue weighted by atomic mass is 32.1. The van der Waals surface area contributed by atoms with E-state index in [9.17, 15) is 4.79 Å². The van der Waals surface area contributed by atoms with Gasteiger partial charge in [0.05, 0.1) is 11.4 Å². The molecule has 7 heteroatoms. The third-order valence-corrected chi connectivity index (χ3v) is 3.76. The molecule has 0 aliphatic carbocycles. The van der Waals surface area contributed by atoms with Gasteiger partial charge >= 0.3 is 0 Å². The van der Waals surface area contributed by atoms with Crippen LogP contribution in [0, 0.1) is 0 Å². The molecule has 2 heterocycles. The van der Waals surface area contributed by atoms with Crippen LogP contribution in [0.1, 0.15) is 41.6 Å². The molecule has 0 bridgehead atoms. The van der Waals surface area contributed by atoms with E-state index in [-0.39, 0.29) is 5.91 Å². The van der Waals surface area contributed by atoms with E-state index in [0.717, 1.165) is 24.2 Å². The first-order chi connectivity index (χ1) is 8.76. The Morgan fingerprint density at radius 1 is 1.50 bits per heavy atom. The van der Waals surface area contributed by atoms with Crippen molar-refractivity contribution in [3.05, 3.63) is 10.6 Å². The standard InChI is InChI=1S/C11H16N4O2S/c1-2-3-9-10(18-14-12-9)11(16)15-6-4-8(13-17)5-7-15/h17H,2-7H2,1H3. The molecule has 1 saturated heterocycles. The maximum atomic E-state index is 12.3. The summed E-state index contributed by atoms with van der Waals surface area (Å²) in [6.45, 7) is 3.25. The number of amides is 1. The number of carbonyl (C=O) groups excluding carboxylic acids is 1. The number of hydrogen-bond donors (Lipinski definition) is 1. The molecule has 1 aromatic rings. The number of carbonyl (C=O) groups is 1. The van der Waals surface area contributed by atoms with Gasteiger partial charge in [-0.2, -0.15) is 0 Å². The van der Waals surface area contributed by atoms with Crippen molar-refractivity contribution in [2.75, 3.05) is 13.1 Å². The monoisotopic (exact) mass is 268 g/mol. The van der Waals surface area contributed by atoms with Gasteiger partial charge in [0, 0.05) is 25.9 Å². The first kappa shape index (κ1) is 12.9. The Bertz CT molecular complexity index is 448. The summed E-state index contributed by atoms with van der Waals surface area (Å²) in [4.78, 5) is 14.7. The van der Waals surface area contributed by atoms with Crippen molar-refractivity contribution in [3.8, 4) is 0 Å². The first-order valence-electron chi connectivity index (χ1n) is 6.06. The molecule has 0 atom stereocenters. The van der Waals surface area contributed by atoms with E-state index in [1.165, 1.54) is 11.5 Å². The Labute approximate surface area is 109 Å². The van der Waals surface area contributed by atoms with Gasteiger partial charge in [0.25, 0.3) is 5.91 Å². The summed E-state index contributed by atoms with van der Waals surface area (Å²) in [6.07, 6.45) is 3.01. The summed E-state index contributed by atoms with van der Waals surface area (Å²) < 4.78 is 3.87. The minimum Gasteiger partial charge on any atom is -0.411 e. The SMILES string of the molecule is CCCc1nnsc1C(=O)N1CCC(=NO)CC1. The summed E-state index contributed by atoms with van der Waals surface area (Å²) in [7, 11) is 0. The minimum atomic E-state index is 0.00504. The number of piperidine rings is 1. The molecule has 98 valence electrons. The van der Waals surface area contributed by atoms with E-state index in [0.29, 0.717) is 30.8 Å². The number of oxime groups is 1. The lowest BCUT2D eigenvalue weighted by molar-refractivity contribution is 0.0757. The van der Waals surface area contributed by atoms with Gasteiger partial charge < -0.3 is 10.1 Å². The average Bonchev–Trinajstić information content (AvgIpc) is 2.87. The number of likely N-dealkylation sites (tertiary alicyclic amines) is 1. The van der Waals surface area contributed by atoms with Crippen LogP contribution >= 0.6 is 11.5 Å². The van der Waals surface area contributed by atoms with Gasteiger partial charge in [-0.25, -0.2) is 0 Å². The Morgan fingerprint density at radius 2 is 2.22 bits per heavy atom. The highest BCUT2D eigenvalue weighted by molar-refractivity contribution is 7.08. The predicted molar refractivity (Wildman–Crippen MR) is 68.3 cm³/mol. The van der Waals surface area contributed by atoms with Crippen LogP contribution in [-0.4, -0.2) is 44.4 Å². The molecule has 6 nitrogen and oxygen atoms in total. The maximum Gasteiger partial charge on any atom is 0.267 e. The fourth-order valence-corrected chi connectivity index (χ4v) is 2.66. The topological polar surface area (TPSA) is 78.7 Å². The molecule has 1 fully saturated rings. The second-order valence-corrected chi connectivity index (χ2v) is 5.01. The van der Waals surface area contributed by atoms with Crippen LogP contribution in [0.3, 0.4) is 0 Å². The molecule has 0 spiro atoms. The lowest BCUT2D eigenvalue weighted by Crippen LogP contribution is -2.38. The van der Waals surface area contributed by atoms with E-state index in [4.69, 9.17) is 5.21 Å². The zero-order chi connectivity index (χ0) is 13.0. The molecule has 1 N–H and O–H groups in total. The molecule has 1 aliphatic rings. The van der Waals surface area contributed by atoms with Gasteiger partial charge in [0.2, 0.25) is 0 Å². The van der Waals surface area contributed by atoms with Crippen molar-refractivity contribution in [1.82, 2.24) is 14.5 Å². The molecule has 0 radical (unpaired) electrons. The van der Waals surface area contributed by atoms with Crippen molar-refractivity contribution in [2.45, 2.75) is 32.6 Å². The van der Waals surface area contributed by atoms with Crippen molar-refractivity contribution in [2.24, 2.45) is 5.16 Å². The van der Waals surface area contributed by atoms with Crippen LogP contribution < -0.4 is 0 Å². The molecular weight excluding hydrogens is 252 g/mol. The summed E-state index contributed by atoms with van der Waals surface area (Å²) in [6, 6.07) is 0. The number of nitrogens with zero attached hydrogens (tertiary/aromatic N) is 4. The van der Waals surface area contributed by atoms with Gasteiger partial charge in [-0.1, -0.05) is 23.0 Å². The molecule has 0 saturated carbocycles. The van der Waals surface area contributed by atoms with Gasteiger partial charge in [-0.3, -0.25) is 4.79 Å². The van der Waals surface area contributed by atoms with E-state index >= 15 is 0 Å². The van der Waals surface area contributed by atoms with Crippen LogP contribution in [-0.2, 0) is 6.42 Å². The number of aromatic nitrogens is 2. The second kappa shape index (κ2) is 5.90. The fourth-order valence-electron chi connectivity index (χ4n) is 1.98. The van der Waals surface area contributed by atoms with E-state index < -0.39 is 0 Å². The summed E-state index contributed by atoms with van der Waals surface area (Å²) in [5.41, 5.74) is 1.56. The Morgan fingerprint density at radius 3 is 2.83 bits per heavy atom. The normalized spacial score (nSPS) is 15.8. The van der Waals surface area contributed by atoms with Crippen LogP contribution in [0.5, 0.6) is 0 Å². The van der Waals surface area contributed by atoms with E-state index in [1.54, 1.807) is 4.90 Å². The van der Waals surface area contributed by atoms with Crippen LogP contribution in [0.25, 0.3) is 0 Å². The Kier molecular flexibility index (Phi) is 4.24. The quantitative estimate of drug-likeness (QED) is 0.666. The van der Waals surface area contributed by atoms with Crippen molar-refractivity contribution < 1.29 is 10.0 Å². The van der Waals surface area contributed by atoms with Crippen molar-refractivity contribution in [3.63, 3.8) is 0 Å². The zero-order valence-electron chi connectivity index (χ0n) is 10.3. The maximum absolute atomic E-state index is 12.3. The summed E-state index contributed by atoms with van der Waals surface area (Å²) in [5.74, 6) is 0.00504. The second-order valence-electron chi connectivity index (χ2n) is 4.26. The molecule has 18 heavy (non-hydrogen) atoms. The summed E-state index contributed by atoms with van der Waals surface area (Å²) in [5, 5.41) is 15.9. The van der Waals surface area contributed by atoms with Crippen LogP contribution in [0.2, 0.25) is 0 Å². The molecular formula is C11H16N4O2S. The van der Waals surface area contributed by atoms with Crippen LogP contribution in [0.4, 0.5) is 0 Å². The summed E-state index contributed by atoms with van der Waals surface area (Å²) >= 11 is 1.17. The van der Waals surface area contributed by atoms with E-state index in [1.807, 2.05) is 0 Å². The minimum absolute atomic E-state index is 0.00504. The third-order valence-electron chi connectivity index (χ3n) is 3.01. The highest BCUT2D eigenvalue weighted by Gasteiger charge is 2.25. The fraction of sp³-hybridized carbons (Fsp3) is 0.636. The first-order valence-corrected chi connectivity index (χ1v) is 6.84. The Balaban J connectivity index is 2.05. The van der Waals surface area contributed by atoms with Gasteiger partial charge in [0.1, 0.15) is 4.88 Å². The molecule has 0 unspecified atom stereocenters. The molecule has 1 amide bonds. The Hall–Kier alpha value is -1.50. The lowest BCUT2D eigenvalue weighted by atomic mass is 10.1. The van der Waals surface area contributed by atoms with Crippen LogP contribution in [0.15, 0.2) is 5.16 Å². The predicted octanol–water partition coefficient (Wildman–Crippen LogP) is 1.56. The smallest absolute Gasteiger partial charge is 0.267 e. The van der Waals surface area contributed by atoms with Gasteiger partial charge in [-0.05, 0) is 18.0 Å². The zero-order valence-corrected chi connectivity index (χ0v) is 11.1. The molecule has 0 aromatic carbocycles.